The van der Waals surface area contributed by atoms with Crippen LogP contribution in [0, 0.1) is 0 Å². The van der Waals surface area contributed by atoms with Crippen LogP contribution in [0.25, 0.3) is 17.0 Å². The van der Waals surface area contributed by atoms with Gasteiger partial charge in [0, 0.05) is 18.4 Å². The lowest BCUT2D eigenvalue weighted by molar-refractivity contribution is 0.116. The normalized spacial score (nSPS) is 11.9. The molecule has 1 aromatic heterocycles. The quantitative estimate of drug-likeness (QED) is 0.0857. The second-order valence-electron chi connectivity index (χ2n) is 11.6. The number of benzene rings is 3. The number of rotatable bonds is 21. The number of fused-ring (bicyclic) bond motifs is 1. The molecule has 0 radical (unpaired) electrons. The van der Waals surface area contributed by atoms with Crippen LogP contribution < -0.4 is 9.47 Å². The van der Waals surface area contributed by atoms with E-state index in [-0.39, 0.29) is 5.75 Å². The molecule has 0 spiro atoms. The molecule has 4 rings (SSSR count). The van der Waals surface area contributed by atoms with Crippen molar-refractivity contribution in [3.8, 4) is 11.5 Å². The van der Waals surface area contributed by atoms with E-state index < -0.39 is 10.0 Å². The van der Waals surface area contributed by atoms with Gasteiger partial charge in [0.05, 0.1) is 37.5 Å². The number of hydrogen-bond acceptors (Lipinski definition) is 5. The summed E-state index contributed by atoms with van der Waals surface area (Å²) in [5.41, 5.74) is 3.42. The zero-order chi connectivity index (χ0) is 31.7. The molecule has 0 unspecified atom stereocenters. The zero-order valence-corrected chi connectivity index (χ0v) is 27.8. The van der Waals surface area contributed by atoms with Crippen LogP contribution in [-0.4, -0.2) is 33.2 Å². The van der Waals surface area contributed by atoms with E-state index in [4.69, 9.17) is 14.2 Å². The van der Waals surface area contributed by atoms with Gasteiger partial charge in [0.1, 0.15) is 11.5 Å². The average Bonchev–Trinajstić information content (AvgIpc) is 3.45. The molecular formula is C38H49NO5S. The van der Waals surface area contributed by atoms with Gasteiger partial charge < -0.3 is 14.2 Å². The van der Waals surface area contributed by atoms with Crippen LogP contribution >= 0.6 is 0 Å². The molecule has 0 saturated carbocycles. The molecule has 0 N–H and O–H groups in total. The van der Waals surface area contributed by atoms with Crippen LogP contribution in [0.5, 0.6) is 11.5 Å². The predicted octanol–water partition coefficient (Wildman–Crippen LogP) is 9.56. The second-order valence-corrected chi connectivity index (χ2v) is 13.4. The minimum atomic E-state index is -3.65. The summed E-state index contributed by atoms with van der Waals surface area (Å²) in [5.74, 6) is 1.26. The Kier molecular flexibility index (Phi) is 14.1. The summed E-state index contributed by atoms with van der Waals surface area (Å²) in [6, 6.07) is 23.0. The standard InChI is InChI=1S/C38H49NO5S/c1-42-35-26-24-33(25-27-35)31-45(40,41)39-29-34(38-36(39)22-18-23-37(38)43-2)21-16-11-9-7-5-3-4-6-8-10-12-17-28-44-30-32-19-14-13-15-20-32/h13-16,18-27,29H,3-12,17,28,30-31H2,1-2H3. The Morgan fingerprint density at radius 1 is 0.689 bits per heavy atom. The predicted molar refractivity (Wildman–Crippen MR) is 185 cm³/mol. The smallest absolute Gasteiger partial charge is 0.243 e. The first-order chi connectivity index (χ1) is 22.0. The van der Waals surface area contributed by atoms with E-state index in [0.29, 0.717) is 29.2 Å². The number of hydrogen-bond donors (Lipinski definition) is 0. The summed E-state index contributed by atoms with van der Waals surface area (Å²) < 4.78 is 45.0. The maximum atomic E-state index is 13.5. The maximum Gasteiger partial charge on any atom is 0.243 e. The van der Waals surface area contributed by atoms with Gasteiger partial charge in [0.25, 0.3) is 0 Å². The molecule has 6 nitrogen and oxygen atoms in total. The fraction of sp³-hybridized carbons (Fsp3) is 0.421. The van der Waals surface area contributed by atoms with Crippen molar-refractivity contribution in [3.05, 3.63) is 102 Å². The molecule has 0 atom stereocenters. The maximum absolute atomic E-state index is 13.5. The first-order valence-corrected chi connectivity index (χ1v) is 17.9. The van der Waals surface area contributed by atoms with E-state index in [9.17, 15) is 8.42 Å². The van der Waals surface area contributed by atoms with Gasteiger partial charge in [-0.15, -0.1) is 0 Å². The molecule has 45 heavy (non-hydrogen) atoms. The Hall–Kier alpha value is -3.55. The molecule has 7 heteroatoms. The minimum Gasteiger partial charge on any atom is -0.497 e. The molecule has 0 aliphatic heterocycles. The molecule has 0 fully saturated rings. The Labute approximate surface area is 270 Å². The molecular weight excluding hydrogens is 582 g/mol. The van der Waals surface area contributed by atoms with E-state index in [1.807, 2.05) is 30.3 Å². The van der Waals surface area contributed by atoms with Crippen molar-refractivity contribution >= 4 is 27.0 Å². The SMILES string of the molecule is COc1ccc(CS(=O)(=O)n2cc(C=CCCCCCCCCCCCCOCc3ccccc3)c3c(OC)cccc32)cc1. The highest BCUT2D eigenvalue weighted by atomic mass is 32.2. The third kappa shape index (κ3) is 10.8. The van der Waals surface area contributed by atoms with E-state index in [1.165, 1.54) is 60.9 Å². The largest absolute Gasteiger partial charge is 0.497 e. The van der Waals surface area contributed by atoms with Crippen molar-refractivity contribution in [1.82, 2.24) is 3.97 Å². The van der Waals surface area contributed by atoms with Crippen molar-refractivity contribution in [3.63, 3.8) is 0 Å². The third-order valence-electron chi connectivity index (χ3n) is 8.13. The van der Waals surface area contributed by atoms with Gasteiger partial charge in [-0.1, -0.05) is 112 Å². The summed E-state index contributed by atoms with van der Waals surface area (Å²) in [6.07, 6.45) is 19.4. The van der Waals surface area contributed by atoms with Crippen LogP contribution in [0.2, 0.25) is 0 Å². The fourth-order valence-corrected chi connectivity index (χ4v) is 7.12. The summed E-state index contributed by atoms with van der Waals surface area (Å²) in [7, 11) is -0.439. The van der Waals surface area contributed by atoms with Crippen LogP contribution in [0.1, 0.15) is 87.3 Å². The molecule has 0 aliphatic rings. The Balaban J connectivity index is 1.15. The number of nitrogens with zero attached hydrogens (tertiary/aromatic N) is 1. The van der Waals surface area contributed by atoms with Crippen molar-refractivity contribution < 1.29 is 22.6 Å². The van der Waals surface area contributed by atoms with E-state index in [2.05, 4.69) is 30.3 Å². The lowest BCUT2D eigenvalue weighted by atomic mass is 10.1. The Bertz CT molecular complexity index is 1560. The molecule has 0 aliphatic carbocycles. The Morgan fingerprint density at radius 3 is 2.02 bits per heavy atom. The molecule has 0 amide bonds. The lowest BCUT2D eigenvalue weighted by Gasteiger charge is -2.09. The molecule has 0 saturated heterocycles. The Morgan fingerprint density at radius 2 is 1.36 bits per heavy atom. The van der Waals surface area contributed by atoms with Gasteiger partial charge in [-0.05, 0) is 54.7 Å². The van der Waals surface area contributed by atoms with Crippen molar-refractivity contribution in [1.29, 1.82) is 0 Å². The van der Waals surface area contributed by atoms with Crippen molar-refractivity contribution in [2.75, 3.05) is 20.8 Å². The summed E-state index contributed by atoms with van der Waals surface area (Å²) in [5, 5.41) is 0.814. The highest BCUT2D eigenvalue weighted by molar-refractivity contribution is 7.89. The molecule has 1 heterocycles. The van der Waals surface area contributed by atoms with Crippen molar-refractivity contribution in [2.24, 2.45) is 0 Å². The van der Waals surface area contributed by atoms with E-state index in [0.717, 1.165) is 36.8 Å². The molecule has 4 aromatic rings. The number of methoxy groups -OCH3 is 2. The van der Waals surface area contributed by atoms with Crippen LogP contribution in [0.4, 0.5) is 0 Å². The van der Waals surface area contributed by atoms with Gasteiger partial charge >= 0.3 is 0 Å². The number of ether oxygens (including phenoxy) is 3. The first kappa shape index (κ1) is 34.3. The molecule has 3 aromatic carbocycles. The first-order valence-electron chi connectivity index (χ1n) is 16.3. The topological polar surface area (TPSA) is 66.8 Å². The molecule has 242 valence electrons. The zero-order valence-electron chi connectivity index (χ0n) is 27.0. The fourth-order valence-electron chi connectivity index (χ4n) is 5.64. The number of unbranched alkanes of at least 4 members (excludes halogenated alkanes) is 10. The molecule has 0 bridgehead atoms. The summed E-state index contributed by atoms with van der Waals surface area (Å²) >= 11 is 0. The minimum absolute atomic E-state index is 0.106. The van der Waals surface area contributed by atoms with Gasteiger partial charge in [0.15, 0.2) is 0 Å². The highest BCUT2D eigenvalue weighted by Crippen LogP contribution is 2.33. The van der Waals surface area contributed by atoms with Gasteiger partial charge in [-0.25, -0.2) is 12.4 Å². The second kappa shape index (κ2) is 18.4. The van der Waals surface area contributed by atoms with Crippen LogP contribution in [-0.2, 0) is 27.1 Å². The van der Waals surface area contributed by atoms with Gasteiger partial charge in [-0.2, -0.15) is 0 Å². The van der Waals surface area contributed by atoms with E-state index in [1.54, 1.807) is 44.7 Å². The lowest BCUT2D eigenvalue weighted by Crippen LogP contribution is -2.14. The highest BCUT2D eigenvalue weighted by Gasteiger charge is 2.21. The van der Waals surface area contributed by atoms with Crippen molar-refractivity contribution in [2.45, 2.75) is 83.0 Å². The van der Waals surface area contributed by atoms with Crippen LogP contribution in [0.3, 0.4) is 0 Å². The monoisotopic (exact) mass is 631 g/mol. The van der Waals surface area contributed by atoms with E-state index >= 15 is 0 Å². The number of allylic oxidation sites excluding steroid dienone is 1. The third-order valence-corrected chi connectivity index (χ3v) is 9.73. The van der Waals surface area contributed by atoms with Crippen LogP contribution in [0.15, 0.2) is 85.1 Å². The average molecular weight is 632 g/mol. The summed E-state index contributed by atoms with van der Waals surface area (Å²) in [4.78, 5) is 0. The number of aromatic nitrogens is 1. The summed E-state index contributed by atoms with van der Waals surface area (Å²) in [6.45, 7) is 1.56. The van der Waals surface area contributed by atoms with Gasteiger partial charge in [-0.3, -0.25) is 0 Å². The van der Waals surface area contributed by atoms with Gasteiger partial charge in [0.2, 0.25) is 10.0 Å².